The quantitative estimate of drug-likeness (QED) is 0.265. The minimum Gasteiger partial charge on any atom is -0.496 e. The zero-order valence-electron chi connectivity index (χ0n) is 10.1. The second kappa shape index (κ2) is 5.55. The first-order chi connectivity index (χ1) is 9.53. The van der Waals surface area contributed by atoms with Gasteiger partial charge < -0.3 is 8.92 Å². The van der Waals surface area contributed by atoms with Crippen molar-refractivity contribution in [3.05, 3.63) is 27.8 Å². The van der Waals surface area contributed by atoms with Crippen molar-refractivity contribution < 1.29 is 40.2 Å². The van der Waals surface area contributed by atoms with Gasteiger partial charge in [0.05, 0.1) is 23.7 Å². The molecule has 0 spiro atoms. The highest BCUT2D eigenvalue weighted by Gasteiger charge is 2.49. The molecule has 12 heteroatoms. The van der Waals surface area contributed by atoms with Crippen molar-refractivity contribution in [2.45, 2.75) is 5.51 Å². The van der Waals surface area contributed by atoms with Crippen LogP contribution in [0.4, 0.5) is 18.9 Å². The Balaban J connectivity index is 3.55. The molecule has 1 aromatic carbocycles. The number of halogens is 3. The summed E-state index contributed by atoms with van der Waals surface area (Å²) >= 11 is 0. The molecular weight excluding hydrogens is 323 g/mol. The van der Waals surface area contributed by atoms with E-state index in [2.05, 4.69) is 8.92 Å². The normalized spacial score (nSPS) is 11.8. The van der Waals surface area contributed by atoms with Crippen LogP contribution < -0.4 is 8.92 Å². The molecular formula is C9H6F3NO7S. The minimum atomic E-state index is -6.16. The average Bonchev–Trinajstić information content (AvgIpc) is 2.36. The summed E-state index contributed by atoms with van der Waals surface area (Å²) in [6.45, 7) is 0. The molecule has 116 valence electrons. The summed E-state index contributed by atoms with van der Waals surface area (Å²) in [5.41, 5.74) is -7.75. The predicted octanol–water partition coefficient (Wildman–Crippen LogP) is 1.64. The number of benzene rings is 1. The Morgan fingerprint density at radius 3 is 2.29 bits per heavy atom. The van der Waals surface area contributed by atoms with E-state index in [0.717, 1.165) is 13.2 Å². The van der Waals surface area contributed by atoms with Gasteiger partial charge >= 0.3 is 21.3 Å². The Labute approximate surface area is 115 Å². The van der Waals surface area contributed by atoms with Gasteiger partial charge in [-0.25, -0.2) is 0 Å². The lowest BCUT2D eigenvalue weighted by molar-refractivity contribution is -0.385. The number of alkyl halides is 3. The summed E-state index contributed by atoms with van der Waals surface area (Å²) in [6.07, 6.45) is -0.100. The molecule has 21 heavy (non-hydrogen) atoms. The first-order valence-electron chi connectivity index (χ1n) is 4.86. The number of hydrogen-bond acceptors (Lipinski definition) is 7. The zero-order chi connectivity index (χ0) is 16.4. The summed E-state index contributed by atoms with van der Waals surface area (Å²) in [4.78, 5) is 20.3. The molecule has 0 unspecified atom stereocenters. The van der Waals surface area contributed by atoms with Gasteiger partial charge in [-0.15, -0.1) is 0 Å². The summed E-state index contributed by atoms with van der Waals surface area (Å²) in [5, 5.41) is 10.8. The van der Waals surface area contributed by atoms with Crippen LogP contribution >= 0.6 is 0 Å². The number of methoxy groups -OCH3 is 1. The Hall–Kier alpha value is -2.37. The Kier molecular flexibility index (Phi) is 4.41. The number of nitrogens with zero attached hydrogens (tertiary/aromatic N) is 1. The smallest absolute Gasteiger partial charge is 0.496 e. The van der Waals surface area contributed by atoms with Crippen LogP contribution in [0.15, 0.2) is 12.1 Å². The predicted molar refractivity (Wildman–Crippen MR) is 60.6 cm³/mol. The number of hydrogen-bond donors (Lipinski definition) is 0. The maximum Gasteiger partial charge on any atom is 0.534 e. The zero-order valence-corrected chi connectivity index (χ0v) is 10.9. The first kappa shape index (κ1) is 16.7. The summed E-state index contributed by atoms with van der Waals surface area (Å²) in [5.74, 6) is -1.58. The van der Waals surface area contributed by atoms with Gasteiger partial charge in [-0.1, -0.05) is 0 Å². The summed E-state index contributed by atoms with van der Waals surface area (Å²) in [6, 6.07) is 1.41. The molecule has 0 saturated carbocycles. The van der Waals surface area contributed by atoms with Crippen molar-refractivity contribution >= 4 is 22.1 Å². The van der Waals surface area contributed by atoms with Crippen molar-refractivity contribution in [3.63, 3.8) is 0 Å². The van der Waals surface area contributed by atoms with Gasteiger partial charge in [0.2, 0.25) is 5.75 Å². The lowest BCUT2D eigenvalue weighted by Crippen LogP contribution is -2.28. The van der Waals surface area contributed by atoms with E-state index < -0.39 is 37.6 Å². The molecule has 0 bridgehead atoms. The summed E-state index contributed by atoms with van der Waals surface area (Å²) < 4.78 is 66.8. The van der Waals surface area contributed by atoms with Crippen LogP contribution in [-0.4, -0.2) is 32.2 Å². The van der Waals surface area contributed by atoms with Gasteiger partial charge in [-0.05, 0) is 6.07 Å². The van der Waals surface area contributed by atoms with Gasteiger partial charge in [-0.2, -0.15) is 21.6 Å². The molecule has 0 aromatic heterocycles. The Morgan fingerprint density at radius 1 is 1.33 bits per heavy atom. The molecule has 0 aliphatic rings. The van der Waals surface area contributed by atoms with Crippen molar-refractivity contribution in [1.29, 1.82) is 0 Å². The standard InChI is InChI=1S/C9H6F3NO7S/c1-19-6-2-5(4-14)8(7(3-6)13(15)16)20-21(17,18)9(10,11)12/h2-4H,1H3. The average molecular weight is 329 g/mol. The van der Waals surface area contributed by atoms with Crippen LogP contribution in [0.2, 0.25) is 0 Å². The van der Waals surface area contributed by atoms with Crippen LogP contribution in [0, 0.1) is 10.1 Å². The molecule has 0 amide bonds. The number of carbonyl (C=O) groups excluding carboxylic acids is 1. The summed E-state index contributed by atoms with van der Waals surface area (Å²) in [7, 11) is -5.08. The third kappa shape index (κ3) is 3.39. The molecule has 1 rings (SSSR count). The van der Waals surface area contributed by atoms with Gasteiger partial charge in [0.1, 0.15) is 5.75 Å². The monoisotopic (exact) mass is 329 g/mol. The second-order valence-corrected chi connectivity index (χ2v) is 4.96. The largest absolute Gasteiger partial charge is 0.534 e. The van der Waals surface area contributed by atoms with E-state index in [1.165, 1.54) is 0 Å². The maximum absolute atomic E-state index is 12.2. The van der Waals surface area contributed by atoms with Gasteiger partial charge in [0.25, 0.3) is 0 Å². The highest BCUT2D eigenvalue weighted by atomic mass is 32.2. The van der Waals surface area contributed by atoms with E-state index in [9.17, 15) is 36.5 Å². The lowest BCUT2D eigenvalue weighted by Gasteiger charge is -2.12. The SMILES string of the molecule is COc1cc(C=O)c(OS(=O)(=O)C(F)(F)F)c([N+](=O)[O-])c1. The van der Waals surface area contributed by atoms with Crippen LogP contribution in [0.25, 0.3) is 0 Å². The number of ether oxygens (including phenoxy) is 1. The van der Waals surface area contributed by atoms with E-state index in [1.54, 1.807) is 0 Å². The fourth-order valence-electron chi connectivity index (χ4n) is 1.20. The Bertz CT molecular complexity index is 683. The van der Waals surface area contributed by atoms with Crippen LogP contribution in [0.1, 0.15) is 10.4 Å². The topological polar surface area (TPSA) is 113 Å². The molecule has 0 radical (unpaired) electrons. The highest BCUT2D eigenvalue weighted by Crippen LogP contribution is 2.38. The van der Waals surface area contributed by atoms with E-state index in [4.69, 9.17) is 0 Å². The number of nitro groups is 1. The fraction of sp³-hybridized carbons (Fsp3) is 0.222. The molecule has 0 heterocycles. The lowest BCUT2D eigenvalue weighted by atomic mass is 10.2. The third-order valence-corrected chi connectivity index (χ3v) is 3.06. The van der Waals surface area contributed by atoms with E-state index >= 15 is 0 Å². The van der Waals surface area contributed by atoms with Crippen LogP contribution in [0.5, 0.6) is 11.5 Å². The minimum absolute atomic E-state index is 0.100. The highest BCUT2D eigenvalue weighted by molar-refractivity contribution is 7.88. The number of nitro benzene ring substituents is 1. The first-order valence-corrected chi connectivity index (χ1v) is 6.26. The molecule has 0 fully saturated rings. The molecule has 0 aliphatic heterocycles. The van der Waals surface area contributed by atoms with Crippen molar-refractivity contribution in [3.8, 4) is 11.5 Å². The van der Waals surface area contributed by atoms with Gasteiger partial charge in [0, 0.05) is 0 Å². The number of carbonyl (C=O) groups is 1. The molecule has 1 aromatic rings. The molecule has 0 aliphatic carbocycles. The van der Waals surface area contributed by atoms with Gasteiger partial charge in [-0.3, -0.25) is 14.9 Å². The van der Waals surface area contributed by atoms with Gasteiger partial charge in [0.15, 0.2) is 6.29 Å². The molecule has 0 atom stereocenters. The molecule has 0 saturated heterocycles. The van der Waals surface area contributed by atoms with E-state index in [0.29, 0.717) is 6.07 Å². The fourth-order valence-corrected chi connectivity index (χ4v) is 1.69. The number of aldehydes is 1. The van der Waals surface area contributed by atoms with Crippen molar-refractivity contribution in [2.24, 2.45) is 0 Å². The Morgan fingerprint density at radius 2 is 1.90 bits per heavy atom. The maximum atomic E-state index is 12.2. The third-order valence-electron chi connectivity index (χ3n) is 2.11. The van der Waals surface area contributed by atoms with Crippen molar-refractivity contribution in [2.75, 3.05) is 7.11 Å². The van der Waals surface area contributed by atoms with Crippen LogP contribution in [-0.2, 0) is 10.1 Å². The van der Waals surface area contributed by atoms with Crippen molar-refractivity contribution in [1.82, 2.24) is 0 Å². The number of rotatable bonds is 5. The van der Waals surface area contributed by atoms with Crippen LogP contribution in [0.3, 0.4) is 0 Å². The molecule has 0 N–H and O–H groups in total. The second-order valence-electron chi connectivity index (χ2n) is 3.42. The molecule has 8 nitrogen and oxygen atoms in total. The van der Waals surface area contributed by atoms with E-state index in [1.807, 2.05) is 0 Å². The van der Waals surface area contributed by atoms with E-state index in [-0.39, 0.29) is 12.0 Å².